The number of dihydropyridines is 1. The minimum Gasteiger partial charge on any atom is -0.467 e. The Morgan fingerprint density at radius 2 is 1.88 bits per heavy atom. The van der Waals surface area contributed by atoms with Crippen molar-refractivity contribution in [3.63, 3.8) is 0 Å². The normalized spacial score (nSPS) is 24.5. The van der Waals surface area contributed by atoms with Gasteiger partial charge in [-0.25, -0.2) is 8.78 Å². The van der Waals surface area contributed by atoms with E-state index in [4.69, 9.17) is 4.74 Å². The van der Waals surface area contributed by atoms with Gasteiger partial charge in [0.15, 0.2) is 17.9 Å². The molecular weight excluding hydrogens is 336 g/mol. The van der Waals surface area contributed by atoms with Crippen molar-refractivity contribution in [2.45, 2.75) is 38.0 Å². The fraction of sp³-hybridized carbons (Fsp3) is 0.500. The largest absolute Gasteiger partial charge is 0.467 e. The van der Waals surface area contributed by atoms with Crippen molar-refractivity contribution in [3.8, 4) is 5.75 Å². The smallest absolute Gasteiger partial charge is 0.190 e. The molecule has 0 radical (unpaired) electrons. The molecule has 1 aromatic rings. The first-order chi connectivity index (χ1) is 12.7. The van der Waals surface area contributed by atoms with Gasteiger partial charge in [0.2, 0.25) is 0 Å². The van der Waals surface area contributed by atoms with Crippen LogP contribution in [0.1, 0.15) is 25.7 Å². The van der Waals surface area contributed by atoms with E-state index in [1.807, 2.05) is 18.2 Å². The minimum absolute atomic E-state index is 0.305. The molecule has 1 aliphatic carbocycles. The van der Waals surface area contributed by atoms with Crippen molar-refractivity contribution in [2.75, 3.05) is 26.2 Å². The summed E-state index contributed by atoms with van der Waals surface area (Å²) >= 11 is 0. The average molecular weight is 361 g/mol. The van der Waals surface area contributed by atoms with Gasteiger partial charge in [0.25, 0.3) is 0 Å². The van der Waals surface area contributed by atoms with E-state index in [-0.39, 0.29) is 0 Å². The van der Waals surface area contributed by atoms with Crippen LogP contribution in [-0.2, 0) is 0 Å². The Balaban J connectivity index is 1.35. The second kappa shape index (κ2) is 7.66. The fourth-order valence-electron chi connectivity index (χ4n) is 3.75. The topological polar surface area (TPSA) is 27.7 Å². The lowest BCUT2D eigenvalue weighted by molar-refractivity contribution is 0.131. The van der Waals surface area contributed by atoms with E-state index < -0.39 is 17.9 Å². The summed E-state index contributed by atoms with van der Waals surface area (Å²) in [4.78, 5) is 4.97. The number of ether oxygens (including phenoxy) is 1. The van der Waals surface area contributed by atoms with Crippen LogP contribution in [0.5, 0.6) is 5.75 Å². The summed E-state index contributed by atoms with van der Waals surface area (Å²) in [6.45, 7) is 4.25. The van der Waals surface area contributed by atoms with Gasteiger partial charge in [0, 0.05) is 38.3 Å². The second-order valence-corrected chi connectivity index (χ2v) is 7.16. The summed E-state index contributed by atoms with van der Waals surface area (Å²) < 4.78 is 32.2. The van der Waals surface area contributed by atoms with Gasteiger partial charge in [-0.1, -0.05) is 12.5 Å². The molecule has 1 atom stereocenters. The molecule has 2 aliphatic heterocycles. The van der Waals surface area contributed by atoms with Gasteiger partial charge >= 0.3 is 0 Å². The third kappa shape index (κ3) is 3.85. The molecule has 6 heteroatoms. The van der Waals surface area contributed by atoms with E-state index >= 15 is 0 Å². The maximum atomic E-state index is 13.4. The number of nitrogens with zero attached hydrogens (tertiary/aromatic N) is 2. The molecule has 1 saturated heterocycles. The summed E-state index contributed by atoms with van der Waals surface area (Å²) in [7, 11) is 0. The fourth-order valence-corrected chi connectivity index (χ4v) is 3.75. The van der Waals surface area contributed by atoms with E-state index in [1.165, 1.54) is 31.9 Å². The minimum atomic E-state index is -0.901. The Hall–Kier alpha value is -2.08. The van der Waals surface area contributed by atoms with Gasteiger partial charge in [0.05, 0.1) is 0 Å². The quantitative estimate of drug-likeness (QED) is 0.891. The molecule has 1 N–H and O–H groups in total. The van der Waals surface area contributed by atoms with Crippen LogP contribution in [0.15, 0.2) is 42.2 Å². The lowest BCUT2D eigenvalue weighted by Crippen LogP contribution is -2.44. The van der Waals surface area contributed by atoms with E-state index in [9.17, 15) is 8.78 Å². The molecule has 0 bridgehead atoms. The van der Waals surface area contributed by atoms with Crippen LogP contribution in [-0.4, -0.2) is 48.2 Å². The summed E-state index contributed by atoms with van der Waals surface area (Å²) in [5.74, 6) is -0.442. The van der Waals surface area contributed by atoms with Crippen LogP contribution in [0, 0.1) is 11.6 Å². The molecule has 4 nitrogen and oxygen atoms in total. The Morgan fingerprint density at radius 1 is 1.00 bits per heavy atom. The van der Waals surface area contributed by atoms with E-state index in [0.717, 1.165) is 50.1 Å². The standard InChI is InChI=1S/C20H25F2N3O/c21-17-9-8-16(14-18(17)22)26-20-7-2-6-19(23-20)25-11-3-10-24(12-13-25)15-4-1-5-15/h2,6-9,14-15,20,23H,1,3-5,10-13H2. The number of halogens is 2. The maximum absolute atomic E-state index is 13.4. The van der Waals surface area contributed by atoms with Gasteiger partial charge in [-0.3, -0.25) is 4.90 Å². The zero-order chi connectivity index (χ0) is 17.9. The van der Waals surface area contributed by atoms with E-state index in [1.54, 1.807) is 0 Å². The number of nitrogens with one attached hydrogen (secondary N) is 1. The summed E-state index contributed by atoms with van der Waals surface area (Å²) in [5.41, 5.74) is 0. The molecule has 2 fully saturated rings. The molecule has 0 spiro atoms. The van der Waals surface area contributed by atoms with Crippen molar-refractivity contribution in [1.82, 2.24) is 15.1 Å². The highest BCUT2D eigenvalue weighted by atomic mass is 19.2. The molecule has 2 heterocycles. The van der Waals surface area contributed by atoms with Crippen LogP contribution in [0.2, 0.25) is 0 Å². The zero-order valence-electron chi connectivity index (χ0n) is 14.8. The first kappa shape index (κ1) is 17.3. The van der Waals surface area contributed by atoms with Crippen molar-refractivity contribution < 1.29 is 13.5 Å². The summed E-state index contributed by atoms with van der Waals surface area (Å²) in [6, 6.07) is 4.38. The molecule has 4 rings (SSSR count). The van der Waals surface area contributed by atoms with Crippen molar-refractivity contribution in [2.24, 2.45) is 0 Å². The maximum Gasteiger partial charge on any atom is 0.190 e. The van der Waals surface area contributed by atoms with Crippen LogP contribution in [0.3, 0.4) is 0 Å². The molecule has 140 valence electrons. The van der Waals surface area contributed by atoms with Gasteiger partial charge < -0.3 is 15.0 Å². The number of hydrogen-bond acceptors (Lipinski definition) is 4. The first-order valence-corrected chi connectivity index (χ1v) is 9.45. The Labute approximate surface area is 153 Å². The monoisotopic (exact) mass is 361 g/mol. The molecule has 26 heavy (non-hydrogen) atoms. The Morgan fingerprint density at radius 3 is 2.65 bits per heavy atom. The van der Waals surface area contributed by atoms with Gasteiger partial charge in [-0.15, -0.1) is 0 Å². The van der Waals surface area contributed by atoms with Gasteiger partial charge in [0.1, 0.15) is 11.6 Å². The first-order valence-electron chi connectivity index (χ1n) is 9.45. The zero-order valence-corrected chi connectivity index (χ0v) is 14.8. The Bertz CT molecular complexity index is 702. The lowest BCUT2D eigenvalue weighted by Gasteiger charge is -2.37. The molecular formula is C20H25F2N3O. The third-order valence-corrected chi connectivity index (χ3v) is 5.45. The Kier molecular flexibility index (Phi) is 5.11. The molecule has 1 saturated carbocycles. The third-order valence-electron chi connectivity index (χ3n) is 5.45. The second-order valence-electron chi connectivity index (χ2n) is 7.16. The lowest BCUT2D eigenvalue weighted by atomic mass is 9.91. The van der Waals surface area contributed by atoms with Crippen LogP contribution in [0.25, 0.3) is 0 Å². The average Bonchev–Trinajstić information content (AvgIpc) is 2.83. The van der Waals surface area contributed by atoms with Crippen LogP contribution in [0.4, 0.5) is 8.78 Å². The molecule has 1 aromatic carbocycles. The van der Waals surface area contributed by atoms with Gasteiger partial charge in [-0.2, -0.15) is 0 Å². The molecule has 1 unspecified atom stereocenters. The van der Waals surface area contributed by atoms with Crippen LogP contribution >= 0.6 is 0 Å². The predicted molar refractivity (Wildman–Crippen MR) is 96.5 cm³/mol. The molecule has 3 aliphatic rings. The summed E-state index contributed by atoms with van der Waals surface area (Å²) in [6.07, 6.45) is 10.7. The molecule has 0 aromatic heterocycles. The van der Waals surface area contributed by atoms with Crippen LogP contribution < -0.4 is 10.1 Å². The predicted octanol–water partition coefficient (Wildman–Crippen LogP) is 3.23. The highest BCUT2D eigenvalue weighted by Gasteiger charge is 2.27. The van der Waals surface area contributed by atoms with Crippen molar-refractivity contribution in [1.29, 1.82) is 0 Å². The van der Waals surface area contributed by atoms with Crippen molar-refractivity contribution in [3.05, 3.63) is 53.9 Å². The molecule has 0 amide bonds. The number of benzene rings is 1. The van der Waals surface area contributed by atoms with E-state index in [0.29, 0.717) is 5.75 Å². The number of rotatable bonds is 4. The highest BCUT2D eigenvalue weighted by molar-refractivity contribution is 5.26. The highest BCUT2D eigenvalue weighted by Crippen LogP contribution is 2.26. The van der Waals surface area contributed by atoms with Crippen molar-refractivity contribution >= 4 is 0 Å². The van der Waals surface area contributed by atoms with E-state index in [2.05, 4.69) is 15.1 Å². The van der Waals surface area contributed by atoms with Gasteiger partial charge in [-0.05, 0) is 43.5 Å². The summed E-state index contributed by atoms with van der Waals surface area (Å²) in [5, 5.41) is 3.35. The number of hydrogen-bond donors (Lipinski definition) is 1. The SMILES string of the molecule is Fc1ccc(OC2C=CC=C(N3CCCN(C4CCC4)CC3)N2)cc1F. The number of allylic oxidation sites excluding steroid dienone is 2.